The zero-order valence-corrected chi connectivity index (χ0v) is 16.2. The maximum atomic E-state index is 5.85. The first-order chi connectivity index (χ1) is 10.8. The molecule has 0 amide bonds. The van der Waals surface area contributed by atoms with E-state index >= 15 is 0 Å². The second kappa shape index (κ2) is 7.97. The average Bonchev–Trinajstić information content (AvgIpc) is 2.57. The fourth-order valence-electron chi connectivity index (χ4n) is 1.94. The summed E-state index contributed by atoms with van der Waals surface area (Å²) in [7, 11) is 0. The van der Waals surface area contributed by atoms with Gasteiger partial charge in [-0.05, 0) is 0 Å². The van der Waals surface area contributed by atoms with Crippen LogP contribution in [0.4, 0.5) is 0 Å². The van der Waals surface area contributed by atoms with Crippen LogP contribution in [0.25, 0.3) is 0 Å². The summed E-state index contributed by atoms with van der Waals surface area (Å²) in [4.78, 5) is 0. The van der Waals surface area contributed by atoms with Crippen LogP contribution in [0.3, 0.4) is 0 Å². The van der Waals surface area contributed by atoms with Crippen LogP contribution in [-0.2, 0) is 6.61 Å². The second-order valence-electron chi connectivity index (χ2n) is 4.76. The maximum absolute atomic E-state index is 5.85. The Morgan fingerprint density at radius 3 is 2.05 bits per heavy atom. The number of hydrogen-bond donors (Lipinski definition) is 0. The molecular weight excluding hydrogens is 498 g/mol. The molecule has 0 fully saturated rings. The van der Waals surface area contributed by atoms with Crippen molar-refractivity contribution < 1.29 is 25.9 Å². The molecule has 0 aliphatic heterocycles. The normalized spacial score (nSPS) is 10.6. The van der Waals surface area contributed by atoms with E-state index in [9.17, 15) is 0 Å². The van der Waals surface area contributed by atoms with E-state index in [1.165, 1.54) is 16.3 Å². The molecule has 22 heavy (non-hydrogen) atoms. The van der Waals surface area contributed by atoms with E-state index in [-0.39, 0.29) is 21.2 Å². The third-order valence-corrected chi connectivity index (χ3v) is 6.49. The number of halogens is 2. The molecule has 0 unspecified atom stereocenters. The molecule has 0 aliphatic carbocycles. The first kappa shape index (κ1) is 15.8. The molecule has 0 spiro atoms. The number of ether oxygens (including phenoxy) is 1. The Kier molecular flexibility index (Phi) is 5.72. The molecule has 3 aromatic rings. The van der Waals surface area contributed by atoms with E-state index in [1.54, 1.807) is 0 Å². The molecule has 0 heterocycles. The number of hydrogen-bond acceptors (Lipinski definition) is 1. The van der Waals surface area contributed by atoms with Crippen LogP contribution in [-0.4, -0.2) is 0 Å². The van der Waals surface area contributed by atoms with E-state index in [1.807, 2.05) is 0 Å². The van der Waals surface area contributed by atoms with Crippen LogP contribution in [0.2, 0.25) is 0 Å². The molecule has 3 heteroatoms. The summed E-state index contributed by atoms with van der Waals surface area (Å²) in [5.41, 5.74) is 1.20. The fraction of sp³-hybridized carbons (Fsp3) is 0.0526. The molecule has 3 rings (SSSR count). The van der Waals surface area contributed by atoms with Crippen molar-refractivity contribution in [3.63, 3.8) is 0 Å². The molecule has 3 aromatic carbocycles. The van der Waals surface area contributed by atoms with E-state index < -0.39 is 0 Å². The van der Waals surface area contributed by atoms with Crippen molar-refractivity contribution in [3.8, 4) is 5.75 Å². The number of benzene rings is 3. The predicted octanol–water partition coefficient (Wildman–Crippen LogP) is 2.00. The van der Waals surface area contributed by atoms with E-state index in [0.717, 1.165) is 5.75 Å². The van der Waals surface area contributed by atoms with Crippen molar-refractivity contribution in [1.82, 2.24) is 0 Å². The molecule has 0 saturated heterocycles. The van der Waals surface area contributed by atoms with E-state index in [2.05, 4.69) is 101 Å². The molecular formula is C19H15I2O-. The van der Waals surface area contributed by atoms with Crippen LogP contribution in [0, 0.1) is 10.7 Å². The summed E-state index contributed by atoms with van der Waals surface area (Å²) in [6, 6.07) is 27.6. The molecule has 0 atom stereocenters. The van der Waals surface area contributed by atoms with E-state index in [0.29, 0.717) is 6.61 Å². The summed E-state index contributed by atoms with van der Waals surface area (Å²) < 4.78 is 9.94. The Balaban J connectivity index is 1.58. The van der Waals surface area contributed by atoms with Crippen LogP contribution in [0.15, 0.2) is 78.9 Å². The topological polar surface area (TPSA) is 9.23 Å². The monoisotopic (exact) mass is 513 g/mol. The summed E-state index contributed by atoms with van der Waals surface area (Å²) in [6.45, 7) is 0.615. The van der Waals surface area contributed by atoms with Crippen molar-refractivity contribution in [1.29, 1.82) is 0 Å². The Morgan fingerprint density at radius 2 is 1.36 bits per heavy atom. The van der Waals surface area contributed by atoms with Gasteiger partial charge in [0.2, 0.25) is 0 Å². The summed E-state index contributed by atoms with van der Waals surface area (Å²) in [6.07, 6.45) is 0. The van der Waals surface area contributed by atoms with Gasteiger partial charge >= 0.3 is 156 Å². The first-order valence-corrected chi connectivity index (χ1v) is 10.2. The van der Waals surface area contributed by atoms with Crippen LogP contribution < -0.4 is 25.9 Å². The summed E-state index contributed by atoms with van der Waals surface area (Å²) in [5, 5.41) is 0. The van der Waals surface area contributed by atoms with Gasteiger partial charge in [0.15, 0.2) is 0 Å². The quantitative estimate of drug-likeness (QED) is 0.475. The first-order valence-electron chi connectivity index (χ1n) is 6.97. The average molecular weight is 513 g/mol. The molecule has 0 aromatic heterocycles. The van der Waals surface area contributed by atoms with Crippen LogP contribution in [0.1, 0.15) is 5.56 Å². The van der Waals surface area contributed by atoms with E-state index in [4.69, 9.17) is 4.74 Å². The molecule has 0 aliphatic rings. The van der Waals surface area contributed by atoms with Crippen molar-refractivity contribution in [2.24, 2.45) is 0 Å². The van der Waals surface area contributed by atoms with Gasteiger partial charge in [0.05, 0.1) is 0 Å². The minimum absolute atomic E-state index is 0.0986. The molecule has 0 N–H and O–H groups in total. The zero-order valence-electron chi connectivity index (χ0n) is 11.9. The molecule has 0 bridgehead atoms. The summed E-state index contributed by atoms with van der Waals surface area (Å²) in [5.74, 6) is 0.930. The van der Waals surface area contributed by atoms with Gasteiger partial charge in [-0.25, -0.2) is 0 Å². The molecule has 0 radical (unpaired) electrons. The van der Waals surface area contributed by atoms with Crippen LogP contribution >= 0.6 is 22.6 Å². The van der Waals surface area contributed by atoms with Crippen LogP contribution in [0.5, 0.6) is 5.75 Å². The number of rotatable bonds is 5. The van der Waals surface area contributed by atoms with Crippen molar-refractivity contribution in [2.75, 3.05) is 0 Å². The molecule has 1 nitrogen and oxygen atoms in total. The van der Waals surface area contributed by atoms with Gasteiger partial charge in [-0.3, -0.25) is 0 Å². The Bertz CT molecular complexity index is 707. The van der Waals surface area contributed by atoms with Crippen molar-refractivity contribution in [2.45, 2.75) is 6.61 Å². The second-order valence-corrected chi connectivity index (χ2v) is 9.04. The fourth-order valence-corrected chi connectivity index (χ4v) is 4.52. The third kappa shape index (κ3) is 4.71. The Morgan fingerprint density at radius 1 is 0.727 bits per heavy atom. The predicted molar refractivity (Wildman–Crippen MR) is 93.8 cm³/mol. The van der Waals surface area contributed by atoms with Gasteiger partial charge in [0.1, 0.15) is 0 Å². The van der Waals surface area contributed by atoms with Gasteiger partial charge in [-0.15, -0.1) is 0 Å². The van der Waals surface area contributed by atoms with Gasteiger partial charge in [-0.1, -0.05) is 0 Å². The minimum atomic E-state index is -0.0986. The van der Waals surface area contributed by atoms with Gasteiger partial charge in [0.25, 0.3) is 0 Å². The Hall–Kier alpha value is -1.08. The standard InChI is InChI=1S/C19H15I2O/c20-16-8-6-15(7-9-16)14-22-19-12-10-18(11-13-19)21-17-4-2-1-3-5-17/h1-13H,14H2/q-1. The third-order valence-electron chi connectivity index (χ3n) is 3.08. The summed E-state index contributed by atoms with van der Waals surface area (Å²) >= 11 is 2.21. The van der Waals surface area contributed by atoms with Gasteiger partial charge in [0, 0.05) is 0 Å². The SMILES string of the molecule is Ic1ccc(COc2ccc([I-]c3ccccc3)cc2)cc1. The molecule has 112 valence electrons. The van der Waals surface area contributed by atoms with Gasteiger partial charge in [-0.2, -0.15) is 0 Å². The Labute approximate surface area is 155 Å². The van der Waals surface area contributed by atoms with Crippen molar-refractivity contribution in [3.05, 3.63) is 95.1 Å². The van der Waals surface area contributed by atoms with Crippen molar-refractivity contribution >= 4 is 22.6 Å². The van der Waals surface area contributed by atoms with Gasteiger partial charge < -0.3 is 0 Å². The molecule has 0 saturated carbocycles. The zero-order chi connectivity index (χ0) is 15.2.